The zero-order valence-electron chi connectivity index (χ0n) is 19.6. The highest BCUT2D eigenvalue weighted by Gasteiger charge is 2.35. The van der Waals surface area contributed by atoms with Gasteiger partial charge in [0.15, 0.2) is 0 Å². The van der Waals surface area contributed by atoms with Gasteiger partial charge in [-0.15, -0.1) is 0 Å². The number of sulfonamides is 1. The van der Waals surface area contributed by atoms with Gasteiger partial charge >= 0.3 is 0 Å². The minimum absolute atomic E-state index is 0.0135. The fourth-order valence-corrected chi connectivity index (χ4v) is 5.78. The van der Waals surface area contributed by atoms with Gasteiger partial charge in [-0.05, 0) is 37.8 Å². The molecule has 9 heteroatoms. The Morgan fingerprint density at radius 3 is 2.12 bits per heavy atom. The van der Waals surface area contributed by atoms with Crippen LogP contribution in [0.2, 0.25) is 0 Å². The van der Waals surface area contributed by atoms with Gasteiger partial charge in [0.25, 0.3) is 0 Å². The number of hydrogen-bond donors (Lipinski definition) is 2. The molecule has 0 radical (unpaired) electrons. The minimum atomic E-state index is -3.56. The summed E-state index contributed by atoms with van der Waals surface area (Å²) >= 11 is 0. The van der Waals surface area contributed by atoms with Crippen LogP contribution < -0.4 is 10.2 Å². The fourth-order valence-electron chi connectivity index (χ4n) is 4.31. The lowest BCUT2D eigenvalue weighted by atomic mass is 9.95. The molecule has 8 nitrogen and oxygen atoms in total. The number of carbonyl (C=O) groups excluding carboxylic acids is 2. The molecule has 0 spiro atoms. The van der Waals surface area contributed by atoms with Crippen molar-refractivity contribution in [3.8, 4) is 0 Å². The molecule has 3 rings (SSSR count). The van der Waals surface area contributed by atoms with Gasteiger partial charge in [-0.2, -0.15) is 4.31 Å². The van der Waals surface area contributed by atoms with Crippen molar-refractivity contribution in [3.63, 3.8) is 0 Å². The SMILES string of the molecule is Cc1ccc(S(=O)(=O)N2CCC(C(=O)N[C@H](C(=O)N3CC[NH+](C)CC3)C(C)C)CC2)cc1. The minimum Gasteiger partial charge on any atom is -0.344 e. The molecule has 0 unspecified atom stereocenters. The molecule has 32 heavy (non-hydrogen) atoms. The van der Waals surface area contributed by atoms with Crippen LogP contribution in [0.15, 0.2) is 29.2 Å². The first kappa shape index (κ1) is 24.7. The largest absolute Gasteiger partial charge is 0.344 e. The van der Waals surface area contributed by atoms with E-state index < -0.39 is 16.1 Å². The van der Waals surface area contributed by atoms with E-state index in [1.807, 2.05) is 25.7 Å². The van der Waals surface area contributed by atoms with Crippen molar-refractivity contribution in [2.45, 2.75) is 44.6 Å². The van der Waals surface area contributed by atoms with E-state index in [4.69, 9.17) is 0 Å². The number of aryl methyl sites for hydroxylation is 1. The molecule has 0 aromatic heterocycles. The van der Waals surface area contributed by atoms with Crippen molar-refractivity contribution in [1.82, 2.24) is 14.5 Å². The molecule has 1 atom stereocenters. The lowest BCUT2D eigenvalue weighted by Gasteiger charge is -2.35. The highest BCUT2D eigenvalue weighted by molar-refractivity contribution is 7.89. The van der Waals surface area contributed by atoms with Crippen LogP contribution in [0.1, 0.15) is 32.3 Å². The Morgan fingerprint density at radius 2 is 1.59 bits per heavy atom. The highest BCUT2D eigenvalue weighted by Crippen LogP contribution is 2.24. The molecular weight excluding hydrogens is 428 g/mol. The van der Waals surface area contributed by atoms with E-state index in [0.717, 1.165) is 18.7 Å². The first-order valence-corrected chi connectivity index (χ1v) is 13.0. The lowest BCUT2D eigenvalue weighted by molar-refractivity contribution is -0.883. The molecule has 2 saturated heterocycles. The average molecular weight is 466 g/mol. The van der Waals surface area contributed by atoms with Crippen molar-refractivity contribution in [2.75, 3.05) is 46.3 Å². The number of nitrogens with one attached hydrogen (secondary N) is 2. The molecule has 2 amide bonds. The van der Waals surface area contributed by atoms with E-state index in [2.05, 4.69) is 12.4 Å². The average Bonchev–Trinajstić information content (AvgIpc) is 2.77. The topological polar surface area (TPSA) is 91.2 Å². The second kappa shape index (κ2) is 10.3. The number of hydrogen-bond acceptors (Lipinski definition) is 4. The van der Waals surface area contributed by atoms with Crippen molar-refractivity contribution < 1.29 is 22.9 Å². The monoisotopic (exact) mass is 465 g/mol. The van der Waals surface area contributed by atoms with E-state index in [1.54, 1.807) is 24.3 Å². The van der Waals surface area contributed by atoms with Gasteiger partial charge in [0.2, 0.25) is 21.8 Å². The Hall–Kier alpha value is -1.97. The normalized spacial score (nSPS) is 20.3. The molecule has 2 heterocycles. The molecule has 2 N–H and O–H groups in total. The van der Waals surface area contributed by atoms with Gasteiger partial charge in [0.05, 0.1) is 38.1 Å². The highest BCUT2D eigenvalue weighted by atomic mass is 32.2. The summed E-state index contributed by atoms with van der Waals surface area (Å²) in [4.78, 5) is 29.6. The zero-order valence-corrected chi connectivity index (χ0v) is 20.5. The van der Waals surface area contributed by atoms with E-state index in [1.165, 1.54) is 9.21 Å². The van der Waals surface area contributed by atoms with Crippen LogP contribution in [0.25, 0.3) is 0 Å². The maximum Gasteiger partial charge on any atom is 0.245 e. The number of benzene rings is 1. The van der Waals surface area contributed by atoms with E-state index >= 15 is 0 Å². The number of piperazine rings is 1. The molecular formula is C23H37N4O4S+. The van der Waals surface area contributed by atoms with Crippen LogP contribution in [-0.2, 0) is 19.6 Å². The molecule has 2 aliphatic rings. The maximum absolute atomic E-state index is 13.0. The van der Waals surface area contributed by atoms with Crippen molar-refractivity contribution >= 4 is 21.8 Å². The predicted octanol–water partition coefficient (Wildman–Crippen LogP) is -0.107. The van der Waals surface area contributed by atoms with Gasteiger partial charge in [0, 0.05) is 19.0 Å². The number of quaternary nitrogens is 1. The number of piperidine rings is 1. The van der Waals surface area contributed by atoms with E-state index in [0.29, 0.717) is 39.0 Å². The molecule has 1 aromatic rings. The van der Waals surface area contributed by atoms with E-state index in [-0.39, 0.29) is 28.5 Å². The summed E-state index contributed by atoms with van der Waals surface area (Å²) in [6.45, 7) is 9.66. The summed E-state index contributed by atoms with van der Waals surface area (Å²) in [5, 5.41) is 2.98. The van der Waals surface area contributed by atoms with Crippen LogP contribution in [0.3, 0.4) is 0 Å². The molecule has 0 saturated carbocycles. The Bertz CT molecular complexity index is 900. The standard InChI is InChI=1S/C23H36N4O4S/c1-17(2)21(23(29)26-15-13-25(4)14-16-26)24-22(28)19-9-11-27(12-10-19)32(30,31)20-7-5-18(3)6-8-20/h5-8,17,19,21H,9-16H2,1-4H3,(H,24,28)/p+1/t21-/m0/s1. The second-order valence-electron chi connectivity index (χ2n) is 9.50. The van der Waals surface area contributed by atoms with Crippen LogP contribution in [0, 0.1) is 18.8 Å². The third-order valence-electron chi connectivity index (χ3n) is 6.64. The molecule has 2 fully saturated rings. The molecule has 0 aliphatic carbocycles. The third-order valence-corrected chi connectivity index (χ3v) is 8.56. The molecule has 2 aliphatic heterocycles. The number of likely N-dealkylation sites (N-methyl/N-ethyl adjacent to an activating group) is 1. The van der Waals surface area contributed by atoms with Crippen LogP contribution in [-0.4, -0.2) is 81.8 Å². The van der Waals surface area contributed by atoms with Gasteiger partial charge < -0.3 is 15.1 Å². The van der Waals surface area contributed by atoms with Gasteiger partial charge in [-0.1, -0.05) is 31.5 Å². The van der Waals surface area contributed by atoms with Crippen molar-refractivity contribution in [2.24, 2.45) is 11.8 Å². The summed E-state index contributed by atoms with van der Waals surface area (Å²) < 4.78 is 27.3. The Balaban J connectivity index is 1.58. The summed E-state index contributed by atoms with van der Waals surface area (Å²) in [6.07, 6.45) is 0.904. The van der Waals surface area contributed by atoms with Gasteiger partial charge in [-0.3, -0.25) is 9.59 Å². The van der Waals surface area contributed by atoms with Crippen LogP contribution in [0.5, 0.6) is 0 Å². The van der Waals surface area contributed by atoms with Crippen LogP contribution in [0.4, 0.5) is 0 Å². The van der Waals surface area contributed by atoms with Gasteiger partial charge in [-0.25, -0.2) is 8.42 Å². The Kier molecular flexibility index (Phi) is 7.95. The predicted molar refractivity (Wildman–Crippen MR) is 123 cm³/mol. The van der Waals surface area contributed by atoms with Crippen molar-refractivity contribution in [1.29, 1.82) is 0 Å². The Labute approximate surface area is 192 Å². The number of amides is 2. The summed E-state index contributed by atoms with van der Waals surface area (Å²) in [5.74, 6) is -0.463. The molecule has 0 bridgehead atoms. The number of rotatable bonds is 6. The third kappa shape index (κ3) is 5.68. The van der Waals surface area contributed by atoms with Gasteiger partial charge in [0.1, 0.15) is 6.04 Å². The quantitative estimate of drug-likeness (QED) is 0.614. The fraction of sp³-hybridized carbons (Fsp3) is 0.652. The van der Waals surface area contributed by atoms with E-state index in [9.17, 15) is 18.0 Å². The first-order chi connectivity index (χ1) is 15.1. The molecule has 178 valence electrons. The summed E-state index contributed by atoms with van der Waals surface area (Å²) in [5.41, 5.74) is 1.01. The maximum atomic E-state index is 13.0. The van der Waals surface area contributed by atoms with Crippen molar-refractivity contribution in [3.05, 3.63) is 29.8 Å². The zero-order chi connectivity index (χ0) is 23.5. The van der Waals surface area contributed by atoms with Crippen LogP contribution >= 0.6 is 0 Å². The number of nitrogens with zero attached hydrogens (tertiary/aromatic N) is 2. The lowest BCUT2D eigenvalue weighted by Crippen LogP contribution is -3.12. The second-order valence-corrected chi connectivity index (χ2v) is 11.4. The summed E-state index contributed by atoms with van der Waals surface area (Å²) in [7, 11) is -1.44. The Morgan fingerprint density at radius 1 is 1.03 bits per heavy atom. The molecule has 1 aromatic carbocycles. The summed E-state index contributed by atoms with van der Waals surface area (Å²) in [6, 6.07) is 6.29. The number of carbonyl (C=O) groups is 2. The first-order valence-electron chi connectivity index (χ1n) is 11.6. The smallest absolute Gasteiger partial charge is 0.245 e.